The van der Waals surface area contributed by atoms with Gasteiger partial charge in [0.25, 0.3) is 0 Å². The average molecular weight is 343 g/mol. The molecule has 3 aromatic carbocycles. The van der Waals surface area contributed by atoms with Gasteiger partial charge >= 0.3 is 0 Å². The van der Waals surface area contributed by atoms with E-state index in [1.807, 2.05) is 0 Å². The lowest BCUT2D eigenvalue weighted by molar-refractivity contribution is -0.978. The van der Waals surface area contributed by atoms with Crippen LogP contribution in [0.25, 0.3) is 10.8 Å². The molecule has 0 spiro atoms. The fourth-order valence-corrected chi connectivity index (χ4v) is 5.58. The average Bonchev–Trinajstić information content (AvgIpc) is 2.70. The van der Waals surface area contributed by atoms with Gasteiger partial charge in [0.1, 0.15) is 6.54 Å². The minimum Gasteiger partial charge on any atom is -0.317 e. The lowest BCUT2D eigenvalue weighted by Gasteiger charge is -2.55. The SMILES string of the molecule is c1ccc(C[N+]23CCC(CC2)CC3Cc2cccc3ccccc23)cc1. The van der Waals surface area contributed by atoms with Gasteiger partial charge in [-0.25, -0.2) is 0 Å². The van der Waals surface area contributed by atoms with Crippen molar-refractivity contribution in [3.05, 3.63) is 83.9 Å². The molecule has 3 fully saturated rings. The zero-order valence-electron chi connectivity index (χ0n) is 15.5. The second-order valence-electron chi connectivity index (χ2n) is 8.48. The van der Waals surface area contributed by atoms with E-state index in [2.05, 4.69) is 72.8 Å². The van der Waals surface area contributed by atoms with Crippen molar-refractivity contribution in [1.29, 1.82) is 0 Å². The number of benzene rings is 3. The number of hydrogen-bond donors (Lipinski definition) is 0. The maximum Gasteiger partial charge on any atom is 0.105 e. The van der Waals surface area contributed by atoms with E-state index in [9.17, 15) is 0 Å². The quantitative estimate of drug-likeness (QED) is 0.543. The highest BCUT2D eigenvalue weighted by atomic mass is 15.4. The first-order chi connectivity index (χ1) is 12.8. The summed E-state index contributed by atoms with van der Waals surface area (Å²) in [4.78, 5) is 0. The second-order valence-corrected chi connectivity index (χ2v) is 8.48. The van der Waals surface area contributed by atoms with Gasteiger partial charge in [0, 0.05) is 18.4 Å². The van der Waals surface area contributed by atoms with E-state index >= 15 is 0 Å². The van der Waals surface area contributed by atoms with Gasteiger partial charge in [-0.1, -0.05) is 72.8 Å². The maximum absolute atomic E-state index is 2.37. The maximum atomic E-state index is 2.37. The Morgan fingerprint density at radius 3 is 2.35 bits per heavy atom. The highest BCUT2D eigenvalue weighted by Crippen LogP contribution is 2.41. The summed E-state index contributed by atoms with van der Waals surface area (Å²) in [6, 6.07) is 27.7. The van der Waals surface area contributed by atoms with Gasteiger partial charge in [-0.05, 0) is 35.1 Å². The van der Waals surface area contributed by atoms with Crippen molar-refractivity contribution < 1.29 is 4.48 Å². The molecule has 0 N–H and O–H groups in total. The molecule has 3 heterocycles. The van der Waals surface area contributed by atoms with E-state index in [1.165, 1.54) is 66.1 Å². The van der Waals surface area contributed by atoms with Gasteiger partial charge in [0.2, 0.25) is 0 Å². The topological polar surface area (TPSA) is 0 Å². The Balaban J connectivity index is 1.48. The van der Waals surface area contributed by atoms with E-state index in [4.69, 9.17) is 0 Å². The van der Waals surface area contributed by atoms with Crippen LogP contribution in [0.3, 0.4) is 0 Å². The Labute approximate surface area is 156 Å². The second kappa shape index (κ2) is 6.55. The molecule has 1 unspecified atom stereocenters. The minimum absolute atomic E-state index is 0.772. The molecule has 26 heavy (non-hydrogen) atoms. The zero-order chi connectivity index (χ0) is 17.4. The highest BCUT2D eigenvalue weighted by molar-refractivity contribution is 5.85. The fourth-order valence-electron chi connectivity index (χ4n) is 5.58. The van der Waals surface area contributed by atoms with Crippen molar-refractivity contribution in [2.45, 2.75) is 38.3 Å². The highest BCUT2D eigenvalue weighted by Gasteiger charge is 2.47. The molecule has 0 radical (unpaired) electrons. The van der Waals surface area contributed by atoms with Gasteiger partial charge in [-0.3, -0.25) is 0 Å². The predicted octanol–water partition coefficient (Wildman–Crippen LogP) is 5.58. The lowest BCUT2D eigenvalue weighted by atomic mass is 9.77. The molecule has 132 valence electrons. The summed E-state index contributed by atoms with van der Waals surface area (Å²) in [6.07, 6.45) is 5.50. The van der Waals surface area contributed by atoms with Gasteiger partial charge < -0.3 is 4.48 Å². The summed E-state index contributed by atoms with van der Waals surface area (Å²) in [7, 11) is 0. The first-order valence-corrected chi connectivity index (χ1v) is 10.2. The summed E-state index contributed by atoms with van der Waals surface area (Å²) in [5, 5.41) is 2.84. The van der Waals surface area contributed by atoms with Crippen LogP contribution in [0, 0.1) is 5.92 Å². The third kappa shape index (κ3) is 2.85. The molecule has 1 nitrogen and oxygen atoms in total. The summed E-state index contributed by atoms with van der Waals surface area (Å²) >= 11 is 0. The first-order valence-electron chi connectivity index (χ1n) is 10.2. The van der Waals surface area contributed by atoms with Gasteiger partial charge in [-0.2, -0.15) is 0 Å². The molecule has 0 aromatic heterocycles. The predicted molar refractivity (Wildman–Crippen MR) is 109 cm³/mol. The Morgan fingerprint density at radius 1 is 0.769 bits per heavy atom. The number of fused-ring (bicyclic) bond motifs is 4. The molecule has 1 heteroatoms. The molecule has 3 aliphatic heterocycles. The third-order valence-corrected chi connectivity index (χ3v) is 7.02. The molecule has 1 atom stereocenters. The third-order valence-electron chi connectivity index (χ3n) is 7.02. The largest absolute Gasteiger partial charge is 0.317 e. The molecular weight excluding hydrogens is 314 g/mol. The summed E-state index contributed by atoms with van der Waals surface area (Å²) in [5.74, 6) is 0.964. The number of piperidine rings is 3. The Morgan fingerprint density at radius 2 is 1.50 bits per heavy atom. The molecule has 0 amide bonds. The molecule has 2 bridgehead atoms. The van der Waals surface area contributed by atoms with Crippen molar-refractivity contribution >= 4 is 10.8 Å². The molecule has 3 aromatic rings. The van der Waals surface area contributed by atoms with E-state index < -0.39 is 0 Å². The van der Waals surface area contributed by atoms with Crippen LogP contribution in [0.4, 0.5) is 0 Å². The van der Waals surface area contributed by atoms with Crippen LogP contribution in [0.2, 0.25) is 0 Å². The van der Waals surface area contributed by atoms with E-state index in [-0.39, 0.29) is 0 Å². The van der Waals surface area contributed by atoms with Crippen molar-refractivity contribution in [3.63, 3.8) is 0 Å². The number of rotatable bonds is 4. The Bertz CT molecular complexity index is 885. The normalized spacial score (nSPS) is 27.7. The van der Waals surface area contributed by atoms with Crippen molar-refractivity contribution in [1.82, 2.24) is 0 Å². The Hall–Kier alpha value is -2.12. The first kappa shape index (κ1) is 16.1. The molecule has 0 saturated carbocycles. The standard InChI is InChI=1S/C25H28N/c1-2-7-21(8-3-1)19-26-15-13-20(14-16-26)17-24(26)18-23-11-6-10-22-9-4-5-12-25(22)23/h1-12,20,24H,13-19H2/q+1. The van der Waals surface area contributed by atoms with Crippen LogP contribution in [-0.2, 0) is 13.0 Å². The van der Waals surface area contributed by atoms with Crippen molar-refractivity contribution in [2.75, 3.05) is 13.1 Å². The summed E-state index contributed by atoms with van der Waals surface area (Å²) in [6.45, 7) is 3.95. The fraction of sp³-hybridized carbons (Fsp3) is 0.360. The van der Waals surface area contributed by atoms with Gasteiger partial charge in [-0.15, -0.1) is 0 Å². The summed E-state index contributed by atoms with van der Waals surface area (Å²) in [5.41, 5.74) is 3.06. The minimum atomic E-state index is 0.772. The molecule has 6 rings (SSSR count). The van der Waals surface area contributed by atoms with Gasteiger partial charge in [0.05, 0.1) is 19.1 Å². The van der Waals surface area contributed by atoms with E-state index in [1.54, 1.807) is 5.56 Å². The van der Waals surface area contributed by atoms with E-state index in [0.29, 0.717) is 0 Å². The molecule has 0 aliphatic carbocycles. The van der Waals surface area contributed by atoms with Crippen molar-refractivity contribution in [2.24, 2.45) is 5.92 Å². The van der Waals surface area contributed by atoms with Crippen molar-refractivity contribution in [3.8, 4) is 0 Å². The molecular formula is C25H28N+. The van der Waals surface area contributed by atoms with Crippen LogP contribution in [-0.4, -0.2) is 23.6 Å². The lowest BCUT2D eigenvalue weighted by Crippen LogP contribution is -2.64. The molecule has 3 aliphatic rings. The number of quaternary nitrogens is 1. The van der Waals surface area contributed by atoms with Crippen LogP contribution in [0.1, 0.15) is 30.4 Å². The summed E-state index contributed by atoms with van der Waals surface area (Å²) < 4.78 is 1.31. The van der Waals surface area contributed by atoms with Gasteiger partial charge in [0.15, 0.2) is 0 Å². The van der Waals surface area contributed by atoms with Crippen LogP contribution < -0.4 is 0 Å². The zero-order valence-corrected chi connectivity index (χ0v) is 15.5. The van der Waals surface area contributed by atoms with Crippen LogP contribution >= 0.6 is 0 Å². The number of nitrogens with zero attached hydrogens (tertiary/aromatic N) is 1. The van der Waals surface area contributed by atoms with E-state index in [0.717, 1.165) is 12.0 Å². The number of hydrogen-bond acceptors (Lipinski definition) is 0. The van der Waals surface area contributed by atoms with Crippen LogP contribution in [0.15, 0.2) is 72.8 Å². The Kier molecular flexibility index (Phi) is 4.05. The van der Waals surface area contributed by atoms with Crippen LogP contribution in [0.5, 0.6) is 0 Å². The smallest absolute Gasteiger partial charge is 0.105 e. The molecule has 3 saturated heterocycles. The monoisotopic (exact) mass is 342 g/mol.